The molecule has 0 bridgehead atoms. The van der Waals surface area contributed by atoms with E-state index in [0.29, 0.717) is 29.3 Å². The van der Waals surface area contributed by atoms with Crippen molar-refractivity contribution in [1.29, 1.82) is 0 Å². The predicted octanol–water partition coefficient (Wildman–Crippen LogP) is 3.12. The second kappa shape index (κ2) is 7.43. The van der Waals surface area contributed by atoms with Crippen LogP contribution in [-0.2, 0) is 6.54 Å². The third-order valence-corrected chi connectivity index (χ3v) is 4.26. The van der Waals surface area contributed by atoms with E-state index in [0.717, 1.165) is 22.3 Å². The van der Waals surface area contributed by atoms with Crippen molar-refractivity contribution in [1.82, 2.24) is 25.1 Å². The van der Waals surface area contributed by atoms with E-state index in [9.17, 15) is 5.11 Å². The zero-order valence-electron chi connectivity index (χ0n) is 15.4. The van der Waals surface area contributed by atoms with Crippen LogP contribution in [0.2, 0.25) is 0 Å². The molecule has 0 unspecified atom stereocenters. The molecular formula is C20H18N6O2. The molecule has 0 aliphatic carbocycles. The maximum absolute atomic E-state index is 9.49. The first-order valence-corrected chi connectivity index (χ1v) is 8.65. The highest BCUT2D eigenvalue weighted by Crippen LogP contribution is 2.33. The van der Waals surface area contributed by atoms with Gasteiger partial charge in [-0.3, -0.25) is 4.98 Å². The molecule has 0 atom stereocenters. The number of hydrogen-bond acceptors (Lipinski definition) is 8. The quantitative estimate of drug-likeness (QED) is 0.549. The molecule has 1 aromatic carbocycles. The Bertz CT molecular complexity index is 1110. The summed E-state index contributed by atoms with van der Waals surface area (Å²) in [5.74, 6) is 1.38. The van der Waals surface area contributed by atoms with Gasteiger partial charge in [0.15, 0.2) is 0 Å². The van der Waals surface area contributed by atoms with E-state index < -0.39 is 0 Å². The number of anilines is 1. The summed E-state index contributed by atoms with van der Waals surface area (Å²) in [7, 11) is 1.60. The zero-order valence-corrected chi connectivity index (χ0v) is 15.4. The van der Waals surface area contributed by atoms with Crippen molar-refractivity contribution in [3.63, 3.8) is 0 Å². The summed E-state index contributed by atoms with van der Waals surface area (Å²) >= 11 is 0. The number of pyridine rings is 1. The smallest absolute Gasteiger partial charge is 0.145 e. The number of benzene rings is 1. The lowest BCUT2D eigenvalue weighted by molar-refractivity contribution is 0.419. The Labute approximate surface area is 161 Å². The lowest BCUT2D eigenvalue weighted by Gasteiger charge is -2.12. The molecule has 0 saturated heterocycles. The topological polar surface area (TPSA) is 106 Å². The minimum Gasteiger partial charge on any atom is -0.506 e. The summed E-state index contributed by atoms with van der Waals surface area (Å²) in [6, 6.07) is 11.0. The summed E-state index contributed by atoms with van der Waals surface area (Å²) in [4.78, 5) is 13.0. The molecule has 3 heterocycles. The average molecular weight is 374 g/mol. The van der Waals surface area contributed by atoms with Crippen LogP contribution in [0.15, 0.2) is 48.9 Å². The van der Waals surface area contributed by atoms with Crippen LogP contribution >= 0.6 is 0 Å². The maximum Gasteiger partial charge on any atom is 0.145 e. The number of methoxy groups -OCH3 is 1. The zero-order chi connectivity index (χ0) is 19.5. The average Bonchev–Trinajstić information content (AvgIpc) is 2.73. The Morgan fingerprint density at radius 1 is 1.04 bits per heavy atom. The third-order valence-electron chi connectivity index (χ3n) is 4.26. The summed E-state index contributed by atoms with van der Waals surface area (Å²) < 4.78 is 5.53. The first-order valence-electron chi connectivity index (χ1n) is 8.65. The van der Waals surface area contributed by atoms with E-state index in [1.54, 1.807) is 19.2 Å². The lowest BCUT2D eigenvalue weighted by atomic mass is 10.1. The molecule has 0 aliphatic heterocycles. The fourth-order valence-electron chi connectivity index (χ4n) is 2.83. The predicted molar refractivity (Wildman–Crippen MR) is 105 cm³/mol. The van der Waals surface area contributed by atoms with Crippen LogP contribution in [0.1, 0.15) is 11.4 Å². The molecule has 2 N–H and O–H groups in total. The first-order chi connectivity index (χ1) is 13.6. The van der Waals surface area contributed by atoms with Crippen LogP contribution in [0.25, 0.3) is 22.2 Å². The highest BCUT2D eigenvalue weighted by atomic mass is 16.5. The van der Waals surface area contributed by atoms with Crippen LogP contribution < -0.4 is 10.1 Å². The number of aromatic hydroxyl groups is 1. The van der Waals surface area contributed by atoms with E-state index in [1.165, 1.54) is 12.5 Å². The molecule has 0 saturated carbocycles. The molecular weight excluding hydrogens is 356 g/mol. The SMILES string of the molecule is COc1cc(-c2ccc(O)cn2)cc2c(NCc3ccc(C)nn3)ncnc12. The van der Waals surface area contributed by atoms with Gasteiger partial charge in [-0.2, -0.15) is 10.2 Å². The number of nitrogens with zero attached hydrogens (tertiary/aromatic N) is 5. The molecule has 0 aliphatic rings. The van der Waals surface area contributed by atoms with E-state index in [2.05, 4.69) is 30.5 Å². The highest BCUT2D eigenvalue weighted by molar-refractivity contribution is 5.96. The van der Waals surface area contributed by atoms with Gasteiger partial charge < -0.3 is 15.2 Å². The van der Waals surface area contributed by atoms with Crippen LogP contribution in [0.4, 0.5) is 5.82 Å². The monoisotopic (exact) mass is 374 g/mol. The van der Waals surface area contributed by atoms with Gasteiger partial charge in [0.2, 0.25) is 0 Å². The standard InChI is InChI=1S/C20H18N6O2/c1-12-3-4-14(26-25-12)9-22-20-16-7-13(17-6-5-15(27)10-21-17)8-18(28-2)19(16)23-11-24-20/h3-8,10-11,27H,9H2,1-2H3,(H,22,23,24). The maximum atomic E-state index is 9.49. The summed E-state index contributed by atoms with van der Waals surface area (Å²) in [6.07, 6.45) is 2.90. The summed E-state index contributed by atoms with van der Waals surface area (Å²) in [5.41, 5.74) is 3.90. The van der Waals surface area contributed by atoms with E-state index in [1.807, 2.05) is 31.2 Å². The van der Waals surface area contributed by atoms with Crippen molar-refractivity contribution in [3.8, 4) is 22.8 Å². The van der Waals surface area contributed by atoms with Gasteiger partial charge in [0.1, 0.15) is 29.2 Å². The van der Waals surface area contributed by atoms with Gasteiger partial charge in [0, 0.05) is 10.9 Å². The van der Waals surface area contributed by atoms with Gasteiger partial charge in [-0.05, 0) is 43.3 Å². The molecule has 0 radical (unpaired) electrons. The molecule has 0 fully saturated rings. The number of aryl methyl sites for hydroxylation is 1. The van der Waals surface area contributed by atoms with Gasteiger partial charge in [0.05, 0.1) is 36.9 Å². The Balaban J connectivity index is 1.75. The minimum absolute atomic E-state index is 0.112. The third kappa shape index (κ3) is 3.52. The van der Waals surface area contributed by atoms with Crippen molar-refractivity contribution in [3.05, 3.63) is 60.3 Å². The van der Waals surface area contributed by atoms with Gasteiger partial charge >= 0.3 is 0 Å². The molecule has 3 aromatic heterocycles. The van der Waals surface area contributed by atoms with Crippen molar-refractivity contribution >= 4 is 16.7 Å². The second-order valence-electron chi connectivity index (χ2n) is 6.22. The highest BCUT2D eigenvalue weighted by Gasteiger charge is 2.13. The van der Waals surface area contributed by atoms with Crippen LogP contribution in [0.5, 0.6) is 11.5 Å². The number of fused-ring (bicyclic) bond motifs is 1. The molecule has 0 amide bonds. The Kier molecular flexibility index (Phi) is 4.67. The lowest BCUT2D eigenvalue weighted by Crippen LogP contribution is -2.05. The summed E-state index contributed by atoms with van der Waals surface area (Å²) in [6.45, 7) is 2.37. The number of nitrogens with one attached hydrogen (secondary N) is 1. The summed E-state index contributed by atoms with van der Waals surface area (Å²) in [5, 5.41) is 21.8. The molecule has 8 nitrogen and oxygen atoms in total. The van der Waals surface area contributed by atoms with E-state index >= 15 is 0 Å². The fourth-order valence-corrected chi connectivity index (χ4v) is 2.83. The number of ether oxygens (including phenoxy) is 1. The first kappa shape index (κ1) is 17.6. The largest absolute Gasteiger partial charge is 0.506 e. The van der Waals surface area contributed by atoms with Crippen molar-refractivity contribution in [2.75, 3.05) is 12.4 Å². The Morgan fingerprint density at radius 2 is 1.93 bits per heavy atom. The number of aromatic nitrogens is 5. The molecule has 4 aromatic rings. The molecule has 8 heteroatoms. The Hall–Kier alpha value is -3.81. The second-order valence-corrected chi connectivity index (χ2v) is 6.22. The van der Waals surface area contributed by atoms with Crippen molar-refractivity contribution < 1.29 is 9.84 Å². The van der Waals surface area contributed by atoms with E-state index in [-0.39, 0.29) is 5.75 Å². The van der Waals surface area contributed by atoms with Crippen molar-refractivity contribution in [2.24, 2.45) is 0 Å². The molecule has 28 heavy (non-hydrogen) atoms. The Morgan fingerprint density at radius 3 is 2.64 bits per heavy atom. The number of rotatable bonds is 5. The van der Waals surface area contributed by atoms with Crippen LogP contribution in [0, 0.1) is 6.92 Å². The van der Waals surface area contributed by atoms with Gasteiger partial charge in [-0.1, -0.05) is 0 Å². The van der Waals surface area contributed by atoms with Gasteiger partial charge in [-0.15, -0.1) is 0 Å². The van der Waals surface area contributed by atoms with Crippen LogP contribution in [-0.4, -0.2) is 37.4 Å². The molecule has 140 valence electrons. The number of hydrogen-bond donors (Lipinski definition) is 2. The van der Waals surface area contributed by atoms with Crippen LogP contribution in [0.3, 0.4) is 0 Å². The molecule has 4 rings (SSSR count). The molecule has 0 spiro atoms. The van der Waals surface area contributed by atoms with E-state index in [4.69, 9.17) is 4.74 Å². The normalized spacial score (nSPS) is 10.8. The van der Waals surface area contributed by atoms with Gasteiger partial charge in [0.25, 0.3) is 0 Å². The fraction of sp³-hybridized carbons (Fsp3) is 0.150. The van der Waals surface area contributed by atoms with Crippen molar-refractivity contribution in [2.45, 2.75) is 13.5 Å². The minimum atomic E-state index is 0.112. The van der Waals surface area contributed by atoms with Gasteiger partial charge in [-0.25, -0.2) is 9.97 Å².